The van der Waals surface area contributed by atoms with Gasteiger partial charge in [0.15, 0.2) is 16.4 Å². The summed E-state index contributed by atoms with van der Waals surface area (Å²) in [4.78, 5) is 24.3. The van der Waals surface area contributed by atoms with Crippen LogP contribution in [0.2, 0.25) is 0 Å². The number of ether oxygens (including phenoxy) is 2. The van der Waals surface area contributed by atoms with Gasteiger partial charge < -0.3 is 9.47 Å². The van der Waals surface area contributed by atoms with Crippen LogP contribution in [0.1, 0.15) is 26.3 Å². The predicted molar refractivity (Wildman–Crippen MR) is 92.0 cm³/mol. The van der Waals surface area contributed by atoms with Gasteiger partial charge in [0.05, 0.1) is 16.0 Å². The van der Waals surface area contributed by atoms with Crippen LogP contribution in [-0.2, 0) is 14.6 Å². The molecule has 0 spiro atoms. The number of esters is 1. The summed E-state index contributed by atoms with van der Waals surface area (Å²) in [5.74, 6) is -1.88. The average molecular weight is 398 g/mol. The van der Waals surface area contributed by atoms with E-state index in [0.717, 1.165) is 6.26 Å². The van der Waals surface area contributed by atoms with Crippen LogP contribution in [0.3, 0.4) is 0 Å². The molecule has 2 rings (SSSR count). The number of hydrogen-bond acceptors (Lipinski definition) is 6. The Morgan fingerprint density at radius 2 is 1.70 bits per heavy atom. The van der Waals surface area contributed by atoms with Crippen molar-refractivity contribution in [3.05, 3.63) is 59.2 Å². The molecule has 0 atom stereocenters. The smallest absolute Gasteiger partial charge is 0.387 e. The van der Waals surface area contributed by atoms with Gasteiger partial charge in [-0.1, -0.05) is 11.6 Å². The molecule has 144 valence electrons. The molecule has 0 aromatic heterocycles. The molecule has 27 heavy (non-hydrogen) atoms. The summed E-state index contributed by atoms with van der Waals surface area (Å²) in [5.41, 5.74) is 0.557. The lowest BCUT2D eigenvalue weighted by atomic mass is 10.1. The summed E-state index contributed by atoms with van der Waals surface area (Å²) in [6, 6.07) is 9.08. The highest BCUT2D eigenvalue weighted by atomic mass is 32.2. The number of Topliss-reactive ketones (excluding diaryl/α,β-unsaturated/α-hetero) is 1. The van der Waals surface area contributed by atoms with Crippen molar-refractivity contribution < 1.29 is 36.3 Å². The van der Waals surface area contributed by atoms with Gasteiger partial charge in [-0.25, -0.2) is 13.2 Å². The molecule has 0 aliphatic rings. The molecule has 6 nitrogen and oxygen atoms in total. The summed E-state index contributed by atoms with van der Waals surface area (Å²) in [5, 5.41) is 0. The van der Waals surface area contributed by atoms with E-state index in [9.17, 15) is 26.8 Å². The predicted octanol–water partition coefficient (Wildman–Crippen LogP) is 3.04. The summed E-state index contributed by atoms with van der Waals surface area (Å²) in [6.07, 6.45) is 1.03. The van der Waals surface area contributed by atoms with E-state index in [-0.39, 0.29) is 21.8 Å². The molecule has 2 aromatic rings. The maximum Gasteiger partial charge on any atom is 0.387 e. The fourth-order valence-electron chi connectivity index (χ4n) is 2.19. The first-order valence-electron chi connectivity index (χ1n) is 7.64. The number of carbonyl (C=O) groups excluding carboxylic acids is 2. The van der Waals surface area contributed by atoms with Crippen LogP contribution in [0.15, 0.2) is 47.4 Å². The second-order valence-electron chi connectivity index (χ2n) is 5.67. The Hall–Kier alpha value is -2.81. The van der Waals surface area contributed by atoms with Crippen LogP contribution in [0.4, 0.5) is 8.78 Å². The highest BCUT2D eigenvalue weighted by Crippen LogP contribution is 2.23. The molecule has 0 saturated carbocycles. The van der Waals surface area contributed by atoms with Gasteiger partial charge in [0, 0.05) is 6.26 Å². The van der Waals surface area contributed by atoms with Crippen LogP contribution in [0.5, 0.6) is 5.75 Å². The number of hydrogen-bond donors (Lipinski definition) is 0. The van der Waals surface area contributed by atoms with Gasteiger partial charge in [-0.15, -0.1) is 0 Å². The maximum absolute atomic E-state index is 12.5. The fourth-order valence-corrected chi connectivity index (χ4v) is 2.82. The molecule has 2 aromatic carbocycles. The molecule has 0 unspecified atom stereocenters. The van der Waals surface area contributed by atoms with Gasteiger partial charge in [-0.05, 0) is 43.3 Å². The molecule has 0 N–H and O–H groups in total. The molecule has 0 bridgehead atoms. The van der Waals surface area contributed by atoms with E-state index in [4.69, 9.17) is 4.74 Å². The second kappa shape index (κ2) is 8.26. The van der Waals surface area contributed by atoms with E-state index in [1.165, 1.54) is 42.5 Å². The van der Waals surface area contributed by atoms with Crippen molar-refractivity contribution in [1.82, 2.24) is 0 Å². The molecule has 9 heteroatoms. The topological polar surface area (TPSA) is 86.7 Å². The van der Waals surface area contributed by atoms with Crippen molar-refractivity contribution in [2.75, 3.05) is 12.9 Å². The largest absolute Gasteiger partial charge is 0.454 e. The minimum absolute atomic E-state index is 0.0312. The Labute approximate surface area is 154 Å². The zero-order valence-electron chi connectivity index (χ0n) is 14.4. The van der Waals surface area contributed by atoms with E-state index < -0.39 is 34.8 Å². The third-order valence-corrected chi connectivity index (χ3v) is 4.63. The summed E-state index contributed by atoms with van der Waals surface area (Å²) >= 11 is 0. The number of halogens is 2. The van der Waals surface area contributed by atoms with Crippen molar-refractivity contribution in [3.63, 3.8) is 0 Å². The van der Waals surface area contributed by atoms with Crippen LogP contribution < -0.4 is 4.74 Å². The van der Waals surface area contributed by atoms with Gasteiger partial charge in [0.25, 0.3) is 0 Å². The molecule has 0 heterocycles. The third-order valence-electron chi connectivity index (χ3n) is 3.50. The number of sulfone groups is 1. The number of aryl methyl sites for hydroxylation is 1. The number of rotatable bonds is 7. The lowest BCUT2D eigenvalue weighted by molar-refractivity contribution is -0.0502. The van der Waals surface area contributed by atoms with Crippen LogP contribution in [-0.4, -0.2) is 39.6 Å². The number of carbonyl (C=O) groups is 2. The van der Waals surface area contributed by atoms with Crippen molar-refractivity contribution in [2.24, 2.45) is 0 Å². The van der Waals surface area contributed by atoms with E-state index in [2.05, 4.69) is 4.74 Å². The molecule has 0 radical (unpaired) electrons. The van der Waals surface area contributed by atoms with Crippen molar-refractivity contribution in [2.45, 2.75) is 18.4 Å². The first-order chi connectivity index (χ1) is 12.6. The van der Waals surface area contributed by atoms with Crippen molar-refractivity contribution in [1.29, 1.82) is 0 Å². The van der Waals surface area contributed by atoms with Gasteiger partial charge in [0.2, 0.25) is 5.78 Å². The SMILES string of the molecule is Cc1ccc(OC(F)F)c(C(=O)COC(=O)c2ccc(S(C)(=O)=O)cc2)c1. The average Bonchev–Trinajstić information content (AvgIpc) is 2.60. The van der Waals surface area contributed by atoms with E-state index in [1.54, 1.807) is 6.92 Å². The molecule has 0 saturated heterocycles. The maximum atomic E-state index is 12.5. The minimum atomic E-state index is -3.41. The van der Waals surface area contributed by atoms with Crippen molar-refractivity contribution in [3.8, 4) is 5.75 Å². The highest BCUT2D eigenvalue weighted by molar-refractivity contribution is 7.90. The van der Waals surface area contributed by atoms with Gasteiger partial charge in [-0.3, -0.25) is 4.79 Å². The monoisotopic (exact) mass is 398 g/mol. The van der Waals surface area contributed by atoms with Crippen LogP contribution in [0, 0.1) is 6.92 Å². The van der Waals surface area contributed by atoms with Crippen molar-refractivity contribution >= 4 is 21.6 Å². The minimum Gasteiger partial charge on any atom is -0.454 e. The Kier molecular flexibility index (Phi) is 6.27. The fraction of sp³-hybridized carbons (Fsp3) is 0.222. The molecular weight excluding hydrogens is 382 g/mol. The van der Waals surface area contributed by atoms with E-state index in [1.807, 2.05) is 0 Å². The second-order valence-corrected chi connectivity index (χ2v) is 7.69. The first kappa shape index (κ1) is 20.5. The first-order valence-corrected chi connectivity index (χ1v) is 9.53. The Balaban J connectivity index is 2.09. The number of alkyl halides is 2. The standard InChI is InChI=1S/C18H16F2O6S/c1-11-3-8-16(26-18(19)20)14(9-11)15(21)10-25-17(22)12-4-6-13(7-5-12)27(2,23)24/h3-9,18H,10H2,1-2H3. The Morgan fingerprint density at radius 1 is 1.07 bits per heavy atom. The van der Waals surface area contributed by atoms with Gasteiger partial charge in [0.1, 0.15) is 5.75 Å². The molecule has 0 aliphatic heterocycles. The lowest BCUT2D eigenvalue weighted by Crippen LogP contribution is -2.16. The lowest BCUT2D eigenvalue weighted by Gasteiger charge is -2.11. The summed E-state index contributed by atoms with van der Waals surface area (Å²) in [6.45, 7) is -2.12. The summed E-state index contributed by atoms with van der Waals surface area (Å²) < 4.78 is 56.9. The van der Waals surface area contributed by atoms with Gasteiger partial charge >= 0.3 is 12.6 Å². The van der Waals surface area contributed by atoms with Crippen LogP contribution in [0.25, 0.3) is 0 Å². The third kappa shape index (κ3) is 5.58. The zero-order chi connectivity index (χ0) is 20.2. The zero-order valence-corrected chi connectivity index (χ0v) is 15.3. The normalized spacial score (nSPS) is 11.3. The quantitative estimate of drug-likeness (QED) is 0.526. The number of benzene rings is 2. The van der Waals surface area contributed by atoms with E-state index in [0.29, 0.717) is 5.56 Å². The molecule has 0 fully saturated rings. The number of ketones is 1. The van der Waals surface area contributed by atoms with Gasteiger partial charge in [-0.2, -0.15) is 8.78 Å². The molecule has 0 amide bonds. The molecular formula is C18H16F2O6S. The van der Waals surface area contributed by atoms with Crippen LogP contribution >= 0.6 is 0 Å². The highest BCUT2D eigenvalue weighted by Gasteiger charge is 2.18. The summed E-state index contributed by atoms with van der Waals surface area (Å²) in [7, 11) is -3.41. The van der Waals surface area contributed by atoms with E-state index >= 15 is 0 Å². The Bertz CT molecular complexity index is 952. The molecule has 0 aliphatic carbocycles. The Morgan fingerprint density at radius 3 is 2.26 bits per heavy atom.